The molecule has 2 aliphatic heterocycles. The molecule has 0 radical (unpaired) electrons. The number of unbranched alkanes of at least 4 members (excludes halogenated alkanes) is 2. The van der Waals surface area contributed by atoms with Crippen LogP contribution in [0, 0.1) is 0 Å². The zero-order valence-electron chi connectivity index (χ0n) is 37.0. The molecule has 15 nitrogen and oxygen atoms in total. The Morgan fingerprint density at radius 1 is 0.645 bits per heavy atom. The van der Waals surface area contributed by atoms with Gasteiger partial charge in [0.1, 0.15) is 18.1 Å². The molecule has 0 aliphatic carbocycles. The lowest BCUT2D eigenvalue weighted by molar-refractivity contribution is -0.154. The predicted molar refractivity (Wildman–Crippen MR) is 235 cm³/mol. The fraction of sp³-hybridized carbons (Fsp3) is 0.617. The van der Waals surface area contributed by atoms with Gasteiger partial charge >= 0.3 is 17.9 Å². The Hall–Kier alpha value is -4.86. The molecule has 2 fully saturated rings. The fourth-order valence-corrected chi connectivity index (χ4v) is 8.38. The number of methoxy groups -OCH3 is 1. The standard InChI is InChI=1S/C47H70N6O9/c1-4-61-45(57)39(29-27-35-20-10-7-11-21-35)51-38(44(56)53-33-17-25-41(53)47(59)62-5-2)23-13-15-31-49-42(54)36(28-26-34-18-8-6-9-19-34)50-37(22-12-14-30-48)43(55)52-32-16-24-40(52)46(58)60-3/h6-11,18-21,36-41,50-51H,4-5,12-17,22-33,48H2,1-3H3,(H,49,54)/t36-,37-,38-,39-,40-,41-/m0/s1. The molecule has 2 heterocycles. The van der Waals surface area contributed by atoms with E-state index in [1.165, 1.54) is 7.11 Å². The van der Waals surface area contributed by atoms with Crippen molar-refractivity contribution in [2.24, 2.45) is 5.73 Å². The van der Waals surface area contributed by atoms with Crippen molar-refractivity contribution < 1.29 is 43.0 Å². The van der Waals surface area contributed by atoms with Crippen molar-refractivity contribution in [2.45, 2.75) is 140 Å². The molecular formula is C47H70N6O9. The first kappa shape index (κ1) is 49.8. The van der Waals surface area contributed by atoms with Crippen LogP contribution in [-0.2, 0) is 55.8 Å². The van der Waals surface area contributed by atoms with E-state index in [2.05, 4.69) is 16.0 Å². The molecular weight excluding hydrogens is 793 g/mol. The maximum absolute atomic E-state index is 14.3. The number of carbonyl (C=O) groups excluding carboxylic acids is 6. The van der Waals surface area contributed by atoms with E-state index < -0.39 is 54.2 Å². The molecule has 342 valence electrons. The van der Waals surface area contributed by atoms with Gasteiger partial charge in [-0.2, -0.15) is 0 Å². The number of hydrogen-bond acceptors (Lipinski definition) is 12. The highest BCUT2D eigenvalue weighted by Crippen LogP contribution is 2.23. The van der Waals surface area contributed by atoms with Crippen LogP contribution in [0.2, 0.25) is 0 Å². The third-order valence-corrected chi connectivity index (χ3v) is 11.7. The van der Waals surface area contributed by atoms with Gasteiger partial charge < -0.3 is 35.1 Å². The van der Waals surface area contributed by atoms with Gasteiger partial charge in [-0.25, -0.2) is 9.59 Å². The second kappa shape index (κ2) is 27.3. The van der Waals surface area contributed by atoms with Crippen LogP contribution in [0.1, 0.15) is 102 Å². The summed E-state index contributed by atoms with van der Waals surface area (Å²) < 4.78 is 15.8. The molecule has 0 spiro atoms. The number of esters is 3. The van der Waals surface area contributed by atoms with E-state index in [1.54, 1.807) is 23.6 Å². The molecule has 6 atom stereocenters. The number of aryl methyl sites for hydroxylation is 2. The summed E-state index contributed by atoms with van der Waals surface area (Å²) in [6, 6.07) is 15.3. The van der Waals surface area contributed by atoms with Crippen LogP contribution < -0.4 is 21.7 Å². The summed E-state index contributed by atoms with van der Waals surface area (Å²) >= 11 is 0. The Labute approximate surface area is 367 Å². The van der Waals surface area contributed by atoms with Crippen LogP contribution in [0.15, 0.2) is 60.7 Å². The van der Waals surface area contributed by atoms with E-state index in [0.29, 0.717) is 116 Å². The zero-order valence-corrected chi connectivity index (χ0v) is 37.0. The summed E-state index contributed by atoms with van der Waals surface area (Å²) in [5.41, 5.74) is 7.91. The molecule has 2 aromatic rings. The largest absolute Gasteiger partial charge is 0.467 e. The number of carbonyl (C=O) groups is 6. The number of ether oxygens (including phenoxy) is 3. The zero-order chi connectivity index (χ0) is 44.7. The monoisotopic (exact) mass is 863 g/mol. The minimum Gasteiger partial charge on any atom is -0.467 e. The minimum absolute atomic E-state index is 0.188. The van der Waals surface area contributed by atoms with Crippen molar-refractivity contribution in [3.63, 3.8) is 0 Å². The lowest BCUT2D eigenvalue weighted by Gasteiger charge is -2.31. The van der Waals surface area contributed by atoms with Gasteiger partial charge in [0, 0.05) is 19.6 Å². The van der Waals surface area contributed by atoms with E-state index in [9.17, 15) is 28.8 Å². The molecule has 0 saturated carbocycles. The molecule has 2 aromatic carbocycles. The number of benzene rings is 2. The van der Waals surface area contributed by atoms with Crippen molar-refractivity contribution in [1.82, 2.24) is 25.8 Å². The van der Waals surface area contributed by atoms with Crippen molar-refractivity contribution >= 4 is 35.6 Å². The van der Waals surface area contributed by atoms with Crippen LogP contribution in [0.5, 0.6) is 0 Å². The molecule has 15 heteroatoms. The fourth-order valence-electron chi connectivity index (χ4n) is 8.38. The maximum Gasteiger partial charge on any atom is 0.328 e. The average Bonchev–Trinajstić information content (AvgIpc) is 3.99. The summed E-state index contributed by atoms with van der Waals surface area (Å²) in [5, 5.41) is 9.80. The first-order chi connectivity index (χ1) is 30.1. The Bertz CT molecular complexity index is 1700. The third-order valence-electron chi connectivity index (χ3n) is 11.7. The molecule has 0 bridgehead atoms. The molecule has 62 heavy (non-hydrogen) atoms. The van der Waals surface area contributed by atoms with E-state index in [0.717, 1.165) is 11.1 Å². The van der Waals surface area contributed by atoms with E-state index in [4.69, 9.17) is 19.9 Å². The van der Waals surface area contributed by atoms with Gasteiger partial charge in [0.2, 0.25) is 17.7 Å². The molecule has 0 aromatic heterocycles. The van der Waals surface area contributed by atoms with Gasteiger partial charge in [0.05, 0.1) is 38.4 Å². The van der Waals surface area contributed by atoms with Crippen molar-refractivity contribution in [3.8, 4) is 0 Å². The number of hydrogen-bond donors (Lipinski definition) is 4. The Kier molecular flexibility index (Phi) is 21.9. The van der Waals surface area contributed by atoms with Crippen molar-refractivity contribution in [3.05, 3.63) is 71.8 Å². The smallest absolute Gasteiger partial charge is 0.328 e. The number of nitrogens with zero attached hydrogens (tertiary/aromatic N) is 2. The lowest BCUT2D eigenvalue weighted by atomic mass is 10.0. The predicted octanol–water partition coefficient (Wildman–Crippen LogP) is 3.60. The highest BCUT2D eigenvalue weighted by Gasteiger charge is 2.40. The van der Waals surface area contributed by atoms with E-state index in [1.807, 2.05) is 60.7 Å². The molecule has 3 amide bonds. The lowest BCUT2D eigenvalue weighted by Crippen LogP contribution is -2.56. The van der Waals surface area contributed by atoms with E-state index in [-0.39, 0.29) is 30.9 Å². The number of rotatable bonds is 27. The number of nitrogens with one attached hydrogen (secondary N) is 3. The second-order valence-electron chi connectivity index (χ2n) is 16.1. The average molecular weight is 863 g/mol. The van der Waals surface area contributed by atoms with Crippen molar-refractivity contribution in [2.75, 3.05) is 46.5 Å². The van der Waals surface area contributed by atoms with Crippen LogP contribution in [-0.4, -0.2) is 128 Å². The van der Waals surface area contributed by atoms with Crippen LogP contribution in [0.25, 0.3) is 0 Å². The summed E-state index contributed by atoms with van der Waals surface area (Å²) in [4.78, 5) is 84.3. The highest BCUT2D eigenvalue weighted by atomic mass is 16.5. The number of likely N-dealkylation sites (tertiary alicyclic amines) is 2. The summed E-state index contributed by atoms with van der Waals surface area (Å²) in [6.07, 6.45) is 7.57. The molecule has 5 N–H and O–H groups in total. The van der Waals surface area contributed by atoms with Gasteiger partial charge in [-0.3, -0.25) is 29.8 Å². The first-order valence-corrected chi connectivity index (χ1v) is 22.7. The Morgan fingerprint density at radius 2 is 1.15 bits per heavy atom. The molecule has 0 unspecified atom stereocenters. The Balaban J connectivity index is 1.47. The van der Waals surface area contributed by atoms with E-state index >= 15 is 0 Å². The number of amides is 3. The van der Waals surface area contributed by atoms with Gasteiger partial charge in [-0.1, -0.05) is 67.1 Å². The summed E-state index contributed by atoms with van der Waals surface area (Å²) in [5.74, 6) is -2.10. The summed E-state index contributed by atoms with van der Waals surface area (Å²) in [6.45, 7) is 5.48. The van der Waals surface area contributed by atoms with Crippen molar-refractivity contribution in [1.29, 1.82) is 0 Å². The molecule has 2 saturated heterocycles. The normalized spacial score (nSPS) is 18.1. The van der Waals surface area contributed by atoms with Crippen LogP contribution in [0.4, 0.5) is 0 Å². The van der Waals surface area contributed by atoms with Crippen LogP contribution >= 0.6 is 0 Å². The Morgan fingerprint density at radius 3 is 1.66 bits per heavy atom. The second-order valence-corrected chi connectivity index (χ2v) is 16.1. The third kappa shape index (κ3) is 15.5. The minimum atomic E-state index is -0.800. The number of nitrogens with two attached hydrogens (primary N) is 1. The quantitative estimate of drug-likeness (QED) is 0.0580. The topological polar surface area (TPSA) is 199 Å². The van der Waals surface area contributed by atoms with Gasteiger partial charge in [0.25, 0.3) is 0 Å². The molecule has 4 rings (SSSR count). The highest BCUT2D eigenvalue weighted by molar-refractivity contribution is 5.90. The maximum atomic E-state index is 14.3. The van der Waals surface area contributed by atoms with Crippen LogP contribution in [0.3, 0.4) is 0 Å². The summed E-state index contributed by atoms with van der Waals surface area (Å²) in [7, 11) is 1.32. The first-order valence-electron chi connectivity index (χ1n) is 22.7. The SMILES string of the molecule is CCOC(=O)[C@H](CCc1ccccc1)N[C@@H](CCCCNC(=O)[C@H](CCc1ccccc1)N[C@@H](CCCCN)C(=O)N1CCC[C@H]1C(=O)OC)C(=O)N1CCC[C@H]1C(=O)OCC. The van der Waals surface area contributed by atoms with Gasteiger partial charge in [-0.05, 0) is 115 Å². The molecule has 2 aliphatic rings. The van der Waals surface area contributed by atoms with Gasteiger partial charge in [0.15, 0.2) is 0 Å². The van der Waals surface area contributed by atoms with Gasteiger partial charge in [-0.15, -0.1) is 0 Å².